The number of nitrogens with one attached hydrogen (secondary N) is 1. The van der Waals surface area contributed by atoms with Gasteiger partial charge in [-0.2, -0.15) is 5.10 Å². The summed E-state index contributed by atoms with van der Waals surface area (Å²) in [6.45, 7) is 4.27. The highest BCUT2D eigenvalue weighted by molar-refractivity contribution is 6.35. The molecule has 0 saturated heterocycles. The number of para-hydroxylation sites is 1. The molecule has 0 saturated carbocycles. The van der Waals surface area contributed by atoms with E-state index >= 15 is 0 Å². The molecule has 3 amide bonds. The van der Waals surface area contributed by atoms with Gasteiger partial charge < -0.3 is 5.32 Å². The topological polar surface area (TPSA) is 84.3 Å². The molecule has 2 heterocycles. The van der Waals surface area contributed by atoms with E-state index in [1.165, 1.54) is 11.0 Å². The van der Waals surface area contributed by atoms with Crippen LogP contribution in [0.4, 0.5) is 11.4 Å². The molecule has 0 atom stereocenters. The van der Waals surface area contributed by atoms with Crippen LogP contribution < -0.4 is 10.2 Å². The van der Waals surface area contributed by atoms with E-state index in [4.69, 9.17) is 0 Å². The van der Waals surface area contributed by atoms with Gasteiger partial charge >= 0.3 is 0 Å². The van der Waals surface area contributed by atoms with Gasteiger partial charge in [0.15, 0.2) is 0 Å². The minimum Gasteiger partial charge on any atom is -0.322 e. The molecule has 1 N–H and O–H groups in total. The number of carbonyl (C=O) groups is 3. The molecule has 4 aromatic rings. The number of carbonyl (C=O) groups excluding carboxylic acids is 3. The molecule has 34 heavy (non-hydrogen) atoms. The zero-order chi connectivity index (χ0) is 23.8. The van der Waals surface area contributed by atoms with Gasteiger partial charge in [0.05, 0.1) is 23.4 Å². The molecule has 7 nitrogen and oxygen atoms in total. The van der Waals surface area contributed by atoms with Gasteiger partial charge in [-0.05, 0) is 66.9 Å². The number of hydrogen-bond donors (Lipinski definition) is 1. The van der Waals surface area contributed by atoms with Crippen LogP contribution >= 0.6 is 0 Å². The second-order valence-electron chi connectivity index (χ2n) is 8.31. The first-order chi connectivity index (χ1) is 16.4. The highest BCUT2D eigenvalue weighted by Gasteiger charge is 2.37. The van der Waals surface area contributed by atoms with Crippen molar-refractivity contribution in [2.24, 2.45) is 0 Å². The Labute approximate surface area is 196 Å². The lowest BCUT2D eigenvalue weighted by Crippen LogP contribution is -2.30. The number of anilines is 2. The smallest absolute Gasteiger partial charge is 0.266 e. The van der Waals surface area contributed by atoms with Crippen molar-refractivity contribution in [1.29, 1.82) is 0 Å². The Bertz CT molecular complexity index is 1440. The van der Waals surface area contributed by atoms with Crippen LogP contribution in [0.15, 0.2) is 79.1 Å². The molecule has 3 aromatic carbocycles. The fraction of sp³-hybridized carbons (Fsp3) is 0.111. The van der Waals surface area contributed by atoms with Crippen molar-refractivity contribution >= 4 is 29.1 Å². The van der Waals surface area contributed by atoms with E-state index in [1.807, 2.05) is 68.6 Å². The summed E-state index contributed by atoms with van der Waals surface area (Å²) >= 11 is 0. The number of aryl methyl sites for hydroxylation is 2. The van der Waals surface area contributed by atoms with E-state index in [9.17, 15) is 14.4 Å². The minimum atomic E-state index is -0.428. The van der Waals surface area contributed by atoms with Crippen LogP contribution in [0.3, 0.4) is 0 Å². The molecule has 0 radical (unpaired) electrons. The van der Waals surface area contributed by atoms with E-state index in [0.29, 0.717) is 29.0 Å². The number of hydrogen-bond acceptors (Lipinski definition) is 4. The first kappa shape index (κ1) is 21.3. The molecule has 1 aliphatic heterocycles. The van der Waals surface area contributed by atoms with Crippen molar-refractivity contribution in [3.63, 3.8) is 0 Å². The van der Waals surface area contributed by atoms with Gasteiger partial charge in [0.25, 0.3) is 17.7 Å². The van der Waals surface area contributed by atoms with Gasteiger partial charge in [-0.25, -0.2) is 4.90 Å². The third kappa shape index (κ3) is 3.77. The maximum absolute atomic E-state index is 13.2. The van der Waals surface area contributed by atoms with Crippen molar-refractivity contribution < 1.29 is 14.4 Å². The molecular formula is C27H22N4O3. The van der Waals surface area contributed by atoms with E-state index in [-0.39, 0.29) is 17.4 Å². The van der Waals surface area contributed by atoms with Crippen molar-refractivity contribution in [2.45, 2.75) is 20.4 Å². The molecule has 168 valence electrons. The Kier molecular flexibility index (Phi) is 5.30. The number of rotatable bonds is 5. The molecule has 0 fully saturated rings. The van der Waals surface area contributed by atoms with Gasteiger partial charge in [0, 0.05) is 23.6 Å². The highest BCUT2D eigenvalue weighted by Crippen LogP contribution is 2.32. The van der Waals surface area contributed by atoms with Gasteiger partial charge in [0.2, 0.25) is 0 Å². The van der Waals surface area contributed by atoms with Crippen LogP contribution in [0.5, 0.6) is 0 Å². The average molecular weight is 450 g/mol. The number of fused-ring (bicyclic) bond motifs is 1. The Morgan fingerprint density at radius 1 is 0.912 bits per heavy atom. The predicted molar refractivity (Wildman–Crippen MR) is 129 cm³/mol. The second kappa shape index (κ2) is 8.44. The number of aromatic nitrogens is 2. The normalized spacial score (nSPS) is 12.7. The van der Waals surface area contributed by atoms with Crippen LogP contribution in [0.25, 0.3) is 0 Å². The second-order valence-corrected chi connectivity index (χ2v) is 8.31. The molecule has 0 spiro atoms. The van der Waals surface area contributed by atoms with E-state index in [0.717, 1.165) is 16.7 Å². The molecule has 0 unspecified atom stereocenters. The third-order valence-corrected chi connectivity index (χ3v) is 5.91. The average Bonchev–Trinajstić information content (AvgIpc) is 3.43. The van der Waals surface area contributed by atoms with Crippen molar-refractivity contribution in [3.8, 4) is 0 Å². The summed E-state index contributed by atoms with van der Waals surface area (Å²) in [5, 5.41) is 7.14. The minimum absolute atomic E-state index is 0.225. The monoisotopic (exact) mass is 450 g/mol. The number of imide groups is 1. The zero-order valence-electron chi connectivity index (χ0n) is 18.8. The zero-order valence-corrected chi connectivity index (χ0v) is 18.8. The maximum Gasteiger partial charge on any atom is 0.266 e. The van der Waals surface area contributed by atoms with E-state index in [2.05, 4.69) is 10.4 Å². The lowest BCUT2D eigenvalue weighted by atomic mass is 10.0. The van der Waals surface area contributed by atoms with Gasteiger partial charge in [-0.3, -0.25) is 19.1 Å². The third-order valence-electron chi connectivity index (χ3n) is 5.91. The fourth-order valence-electron chi connectivity index (χ4n) is 4.10. The largest absolute Gasteiger partial charge is 0.322 e. The lowest BCUT2D eigenvalue weighted by Gasteiger charge is -2.17. The number of amides is 3. The molecule has 1 aliphatic rings. The number of benzene rings is 3. The van der Waals surface area contributed by atoms with Crippen LogP contribution in [-0.2, 0) is 6.54 Å². The van der Waals surface area contributed by atoms with Crippen LogP contribution in [-0.4, -0.2) is 27.5 Å². The maximum atomic E-state index is 13.2. The van der Waals surface area contributed by atoms with Gasteiger partial charge in [-0.1, -0.05) is 30.3 Å². The Balaban J connectivity index is 1.42. The van der Waals surface area contributed by atoms with Crippen molar-refractivity contribution in [1.82, 2.24) is 9.78 Å². The molecular weight excluding hydrogens is 428 g/mol. The summed E-state index contributed by atoms with van der Waals surface area (Å²) in [5.74, 6) is -1.17. The standard InChI is InChI=1S/C27H22N4O3/c1-17-8-9-18(2)24(14-17)31-26(33)21-11-10-19(15-22(21)27(31)34)25(32)29-23-7-4-3-6-20(23)16-30-13-5-12-28-30/h3-15H,16H2,1-2H3,(H,29,32). The lowest BCUT2D eigenvalue weighted by molar-refractivity contribution is 0.0925. The van der Waals surface area contributed by atoms with Crippen LogP contribution in [0, 0.1) is 13.8 Å². The Morgan fingerprint density at radius 2 is 1.71 bits per heavy atom. The summed E-state index contributed by atoms with van der Waals surface area (Å²) in [6, 6.07) is 19.6. The quantitative estimate of drug-likeness (QED) is 0.451. The first-order valence-corrected chi connectivity index (χ1v) is 10.9. The highest BCUT2D eigenvalue weighted by atomic mass is 16.2. The summed E-state index contributed by atoms with van der Waals surface area (Å²) < 4.78 is 1.77. The van der Waals surface area contributed by atoms with Crippen molar-refractivity contribution in [2.75, 3.05) is 10.2 Å². The Morgan fingerprint density at radius 3 is 2.50 bits per heavy atom. The van der Waals surface area contributed by atoms with E-state index in [1.54, 1.807) is 23.0 Å². The Hall–Kier alpha value is -4.52. The SMILES string of the molecule is Cc1ccc(C)c(N2C(=O)c3ccc(C(=O)Nc4ccccc4Cn4cccn4)cc3C2=O)c1. The summed E-state index contributed by atoms with van der Waals surface area (Å²) in [6.07, 6.45) is 3.55. The van der Waals surface area contributed by atoms with E-state index < -0.39 is 5.91 Å². The van der Waals surface area contributed by atoms with Crippen LogP contribution in [0.1, 0.15) is 47.8 Å². The molecule has 7 heteroatoms. The summed E-state index contributed by atoms with van der Waals surface area (Å²) in [5.41, 5.74) is 4.71. The number of nitrogens with zero attached hydrogens (tertiary/aromatic N) is 3. The summed E-state index contributed by atoms with van der Waals surface area (Å²) in [7, 11) is 0. The van der Waals surface area contributed by atoms with Gasteiger partial charge in [0.1, 0.15) is 0 Å². The molecule has 5 rings (SSSR count). The molecule has 0 aliphatic carbocycles. The van der Waals surface area contributed by atoms with Gasteiger partial charge in [-0.15, -0.1) is 0 Å². The predicted octanol–water partition coefficient (Wildman–Crippen LogP) is 4.60. The summed E-state index contributed by atoms with van der Waals surface area (Å²) in [4.78, 5) is 40.5. The molecule has 1 aromatic heterocycles. The van der Waals surface area contributed by atoms with Crippen molar-refractivity contribution in [3.05, 3.63) is 113 Å². The first-order valence-electron chi connectivity index (χ1n) is 10.9. The molecule has 0 bridgehead atoms. The fourth-order valence-corrected chi connectivity index (χ4v) is 4.10. The van der Waals surface area contributed by atoms with Crippen LogP contribution in [0.2, 0.25) is 0 Å².